The van der Waals surface area contributed by atoms with Crippen LogP contribution in [0.3, 0.4) is 0 Å². The van der Waals surface area contributed by atoms with Crippen LogP contribution in [0.5, 0.6) is 11.5 Å². The molecule has 212 valence electrons. The van der Waals surface area contributed by atoms with Crippen LogP contribution in [-0.2, 0) is 39.5 Å². The normalized spacial score (nSPS) is 17.9. The smallest absolute Gasteiger partial charge is 0.343 e. The van der Waals surface area contributed by atoms with Gasteiger partial charge in [0.2, 0.25) is 6.79 Å². The topological polar surface area (TPSA) is 149 Å². The van der Waals surface area contributed by atoms with Gasteiger partial charge >= 0.3 is 5.97 Å². The molecule has 0 aliphatic carbocycles. The molecule has 11 nitrogen and oxygen atoms in total. The highest BCUT2D eigenvalue weighted by atomic mass is 16.7. The third kappa shape index (κ3) is 4.69. The Morgan fingerprint density at radius 3 is 2.52 bits per heavy atom. The monoisotopic (exact) mass is 551 g/mol. The average Bonchev–Trinajstić information content (AvgIpc) is 3.53. The largest absolute Gasteiger partial charge is 0.481 e. The van der Waals surface area contributed by atoms with Crippen molar-refractivity contribution < 1.29 is 34.0 Å². The summed E-state index contributed by atoms with van der Waals surface area (Å²) in [4.78, 5) is 40.0. The van der Waals surface area contributed by atoms with Gasteiger partial charge in [0, 0.05) is 29.5 Å². The van der Waals surface area contributed by atoms with Crippen LogP contribution in [-0.4, -0.2) is 51.6 Å². The van der Waals surface area contributed by atoms with Gasteiger partial charge in [-0.25, -0.2) is 9.78 Å². The van der Waals surface area contributed by atoms with Gasteiger partial charge in [-0.2, -0.15) is 0 Å². The number of aliphatic carboxylic acids is 1. The number of aliphatic hydroxyl groups is 1. The number of carbonyl (C=O) groups is 2. The Morgan fingerprint density at radius 1 is 1.10 bits per heavy atom. The minimum absolute atomic E-state index is 0.109. The van der Waals surface area contributed by atoms with Gasteiger partial charge in [-0.05, 0) is 50.0 Å². The zero-order valence-corrected chi connectivity index (χ0v) is 22.8. The Kier molecular flexibility index (Phi) is 7.52. The van der Waals surface area contributed by atoms with E-state index in [1.807, 2.05) is 12.1 Å². The molecule has 6 rings (SSSR count). The van der Waals surface area contributed by atoms with Gasteiger partial charge in [0.15, 0.2) is 17.1 Å². The first-order valence-electron chi connectivity index (χ1n) is 13.5. The molecule has 5 heterocycles. The van der Waals surface area contributed by atoms with E-state index in [9.17, 15) is 14.7 Å². The van der Waals surface area contributed by atoms with Crippen molar-refractivity contribution in [3.63, 3.8) is 0 Å². The number of esters is 1. The molecule has 0 spiro atoms. The van der Waals surface area contributed by atoms with Crippen molar-refractivity contribution in [2.75, 3.05) is 19.9 Å². The molecule has 1 aromatic carbocycles. The van der Waals surface area contributed by atoms with Gasteiger partial charge in [0.25, 0.3) is 11.5 Å². The first-order valence-corrected chi connectivity index (χ1v) is 13.5. The standard InChI is InChI=1S/C27H29N3O6.C2H4O2/c1-3-5-7-28-8-6-15-16-9-22-23(36-14-35-22)11-20(16)29-24-17(15)12-30-21(24)10-19-18(25(30)31)13-34-26(32)27(19,33)4-2;1-2(3)4/h9-11,28,33H,3-8,12-14H2,1-2H3;1H3,(H,3,4). The lowest BCUT2D eigenvalue weighted by atomic mass is 9.86. The highest BCUT2D eigenvalue weighted by Gasteiger charge is 2.45. The molecule has 0 bridgehead atoms. The second kappa shape index (κ2) is 10.9. The van der Waals surface area contributed by atoms with Gasteiger partial charge in [0.1, 0.15) is 6.61 Å². The number of nitrogens with zero attached hydrogens (tertiary/aromatic N) is 2. The number of benzene rings is 1. The molecular weight excluding hydrogens is 518 g/mol. The number of carbonyl (C=O) groups excluding carboxylic acids is 1. The molecule has 0 saturated heterocycles. The molecule has 40 heavy (non-hydrogen) atoms. The quantitative estimate of drug-likeness (QED) is 0.231. The highest BCUT2D eigenvalue weighted by molar-refractivity contribution is 5.91. The minimum atomic E-state index is -1.85. The molecule has 2 aromatic heterocycles. The maximum Gasteiger partial charge on any atom is 0.343 e. The van der Waals surface area contributed by atoms with E-state index in [1.54, 1.807) is 17.6 Å². The number of fused-ring (bicyclic) bond motifs is 6. The zero-order chi connectivity index (χ0) is 28.6. The molecule has 0 amide bonds. The van der Waals surface area contributed by atoms with Gasteiger partial charge in [-0.3, -0.25) is 9.59 Å². The minimum Gasteiger partial charge on any atom is -0.481 e. The van der Waals surface area contributed by atoms with E-state index in [2.05, 4.69) is 12.2 Å². The molecule has 3 N–H and O–H groups in total. The third-order valence-corrected chi connectivity index (χ3v) is 7.56. The van der Waals surface area contributed by atoms with E-state index in [1.165, 1.54) is 0 Å². The summed E-state index contributed by atoms with van der Waals surface area (Å²) in [6.45, 7) is 7.10. The van der Waals surface area contributed by atoms with Crippen LogP contribution >= 0.6 is 0 Å². The first kappa shape index (κ1) is 27.6. The molecular formula is C29H33N3O8. The van der Waals surface area contributed by atoms with E-state index in [4.69, 9.17) is 29.1 Å². The van der Waals surface area contributed by atoms with Crippen LogP contribution in [0.25, 0.3) is 22.3 Å². The molecule has 0 radical (unpaired) electrons. The predicted octanol–water partition coefficient (Wildman–Crippen LogP) is 2.83. The van der Waals surface area contributed by atoms with E-state index in [0.29, 0.717) is 40.6 Å². The summed E-state index contributed by atoms with van der Waals surface area (Å²) < 4.78 is 18.1. The number of ether oxygens (including phenoxy) is 3. The van der Waals surface area contributed by atoms with Gasteiger partial charge in [0.05, 0.1) is 29.0 Å². The fourth-order valence-corrected chi connectivity index (χ4v) is 5.48. The first-order chi connectivity index (χ1) is 19.2. The lowest BCUT2D eigenvalue weighted by Crippen LogP contribution is -2.44. The Balaban J connectivity index is 0.000000758. The molecule has 1 atom stereocenters. The lowest BCUT2D eigenvalue weighted by molar-refractivity contribution is -0.172. The summed E-state index contributed by atoms with van der Waals surface area (Å²) in [7, 11) is 0. The third-order valence-electron chi connectivity index (χ3n) is 7.56. The van der Waals surface area contributed by atoms with Crippen LogP contribution in [0.4, 0.5) is 0 Å². The van der Waals surface area contributed by atoms with Gasteiger partial charge < -0.3 is 34.3 Å². The van der Waals surface area contributed by atoms with Crippen molar-refractivity contribution in [1.29, 1.82) is 0 Å². The summed E-state index contributed by atoms with van der Waals surface area (Å²) in [5.74, 6) is -0.222. The number of unbranched alkanes of at least 4 members (excludes halogenated alkanes) is 1. The van der Waals surface area contributed by atoms with E-state index in [0.717, 1.165) is 61.3 Å². The molecule has 3 aliphatic rings. The number of aromatic nitrogens is 2. The van der Waals surface area contributed by atoms with Gasteiger partial charge in [-0.15, -0.1) is 0 Å². The van der Waals surface area contributed by atoms with Crippen LogP contribution in [0.15, 0.2) is 23.0 Å². The van der Waals surface area contributed by atoms with Crippen LogP contribution in [0, 0.1) is 0 Å². The maximum absolute atomic E-state index is 13.6. The number of cyclic esters (lactones) is 1. The molecule has 0 fully saturated rings. The number of nitrogens with one attached hydrogen (secondary N) is 1. The summed E-state index contributed by atoms with van der Waals surface area (Å²) in [5.41, 5.74) is 2.68. The Morgan fingerprint density at radius 2 is 1.82 bits per heavy atom. The second-order valence-corrected chi connectivity index (χ2v) is 10.1. The number of hydrogen-bond acceptors (Lipinski definition) is 9. The number of carboxylic acid groups (broad SMARTS) is 1. The van der Waals surface area contributed by atoms with Crippen molar-refractivity contribution >= 4 is 22.8 Å². The second-order valence-electron chi connectivity index (χ2n) is 10.1. The number of carboxylic acids is 1. The summed E-state index contributed by atoms with van der Waals surface area (Å²) in [6.07, 6.45) is 3.11. The molecule has 0 saturated carbocycles. The summed E-state index contributed by atoms with van der Waals surface area (Å²) in [5, 5.41) is 23.0. The molecule has 3 aliphatic heterocycles. The van der Waals surface area contributed by atoms with Gasteiger partial charge in [-0.1, -0.05) is 20.3 Å². The van der Waals surface area contributed by atoms with Crippen LogP contribution < -0.4 is 20.3 Å². The van der Waals surface area contributed by atoms with Crippen molar-refractivity contribution in [2.45, 2.75) is 65.2 Å². The lowest BCUT2D eigenvalue weighted by Gasteiger charge is -2.31. The maximum atomic E-state index is 13.6. The van der Waals surface area contributed by atoms with Crippen molar-refractivity contribution in [2.24, 2.45) is 0 Å². The van der Waals surface area contributed by atoms with E-state index >= 15 is 0 Å². The van der Waals surface area contributed by atoms with Crippen molar-refractivity contribution in [3.05, 3.63) is 50.8 Å². The Hall–Kier alpha value is -3.96. The Bertz CT molecular complexity index is 1560. The molecule has 11 heteroatoms. The average molecular weight is 552 g/mol. The summed E-state index contributed by atoms with van der Waals surface area (Å²) in [6, 6.07) is 5.61. The number of pyridine rings is 2. The summed E-state index contributed by atoms with van der Waals surface area (Å²) >= 11 is 0. The van der Waals surface area contributed by atoms with E-state index < -0.39 is 17.5 Å². The highest BCUT2D eigenvalue weighted by Crippen LogP contribution is 2.43. The predicted molar refractivity (Wildman–Crippen MR) is 145 cm³/mol. The van der Waals surface area contributed by atoms with Crippen LogP contribution in [0.2, 0.25) is 0 Å². The number of rotatable bonds is 7. The SMILES string of the molecule is CC(=O)O.CCCCNCCc1c2c(nc3cc4c(cc13)OCO4)-c1cc3c(c(=O)n1C2)COC(=O)C3(O)CC. The fourth-order valence-electron chi connectivity index (χ4n) is 5.48. The van der Waals surface area contributed by atoms with Crippen LogP contribution in [0.1, 0.15) is 62.3 Å². The fraction of sp³-hybridized carbons (Fsp3) is 0.448. The van der Waals surface area contributed by atoms with Crippen molar-refractivity contribution in [1.82, 2.24) is 14.9 Å². The molecule has 1 unspecified atom stereocenters. The zero-order valence-electron chi connectivity index (χ0n) is 22.8. The number of hydrogen-bond donors (Lipinski definition) is 3. The van der Waals surface area contributed by atoms with E-state index in [-0.39, 0.29) is 25.4 Å². The van der Waals surface area contributed by atoms with Crippen molar-refractivity contribution in [3.8, 4) is 22.9 Å². The Labute approximate surface area is 230 Å². The molecule has 3 aromatic rings.